The highest BCUT2D eigenvalue weighted by molar-refractivity contribution is 7.09. The lowest BCUT2D eigenvalue weighted by molar-refractivity contribution is 0.0532. The summed E-state index contributed by atoms with van der Waals surface area (Å²) >= 11 is 1.66. The monoisotopic (exact) mass is 228 g/mol. The van der Waals surface area contributed by atoms with Gasteiger partial charge in [-0.05, 0) is 27.2 Å². The van der Waals surface area contributed by atoms with E-state index in [1.54, 1.807) is 11.3 Å². The molecule has 0 aliphatic rings. The highest BCUT2D eigenvalue weighted by Gasteiger charge is 2.19. The van der Waals surface area contributed by atoms with Gasteiger partial charge >= 0.3 is 0 Å². The molecule has 2 unspecified atom stereocenters. The van der Waals surface area contributed by atoms with Crippen LogP contribution >= 0.6 is 11.3 Å². The van der Waals surface area contributed by atoms with Crippen molar-refractivity contribution in [1.82, 2.24) is 10.3 Å². The molecule has 0 radical (unpaired) electrons. The Morgan fingerprint density at radius 2 is 2.33 bits per heavy atom. The van der Waals surface area contributed by atoms with E-state index in [1.807, 2.05) is 20.8 Å². The second kappa shape index (κ2) is 5.05. The summed E-state index contributed by atoms with van der Waals surface area (Å²) in [5.41, 5.74) is 0.434. The standard InChI is InChI=1S/C11H20N2OS/c1-5-11(4,14)7-12-8(2)10-6-15-9(3)13-10/h6,8,12,14H,5,7H2,1-4H3. The minimum absolute atomic E-state index is 0.202. The molecule has 0 spiro atoms. The maximum atomic E-state index is 9.84. The molecule has 0 amide bonds. The van der Waals surface area contributed by atoms with Crippen LogP contribution in [0.4, 0.5) is 0 Å². The van der Waals surface area contributed by atoms with Crippen LogP contribution in [0.15, 0.2) is 5.38 Å². The Hall–Kier alpha value is -0.450. The number of hydrogen-bond donors (Lipinski definition) is 2. The zero-order valence-corrected chi connectivity index (χ0v) is 10.7. The van der Waals surface area contributed by atoms with Gasteiger partial charge in [-0.1, -0.05) is 6.92 Å². The quantitative estimate of drug-likeness (QED) is 0.812. The summed E-state index contributed by atoms with van der Waals surface area (Å²) in [4.78, 5) is 4.41. The summed E-state index contributed by atoms with van der Waals surface area (Å²) in [5.74, 6) is 0. The summed E-state index contributed by atoms with van der Waals surface area (Å²) in [6.45, 7) is 8.50. The van der Waals surface area contributed by atoms with Crippen LogP contribution in [0.5, 0.6) is 0 Å². The Labute approximate surface area is 95.6 Å². The van der Waals surface area contributed by atoms with Crippen LogP contribution in [-0.2, 0) is 0 Å². The molecule has 15 heavy (non-hydrogen) atoms. The lowest BCUT2D eigenvalue weighted by Crippen LogP contribution is -2.38. The van der Waals surface area contributed by atoms with Crippen LogP contribution in [0.1, 0.15) is 43.9 Å². The first-order valence-corrected chi connectivity index (χ1v) is 6.20. The van der Waals surface area contributed by atoms with Gasteiger partial charge in [-0.2, -0.15) is 0 Å². The predicted octanol–water partition coefficient (Wildman–Crippen LogP) is 2.26. The second-order valence-corrected chi connectivity index (χ2v) is 5.31. The Balaban J connectivity index is 2.46. The first kappa shape index (κ1) is 12.6. The van der Waals surface area contributed by atoms with Crippen LogP contribution in [0.3, 0.4) is 0 Å². The van der Waals surface area contributed by atoms with Crippen molar-refractivity contribution in [1.29, 1.82) is 0 Å². The minimum atomic E-state index is -0.626. The second-order valence-electron chi connectivity index (χ2n) is 4.24. The van der Waals surface area contributed by atoms with E-state index in [0.29, 0.717) is 6.54 Å². The van der Waals surface area contributed by atoms with Gasteiger partial charge in [0, 0.05) is 18.0 Å². The Bertz CT molecular complexity index is 309. The molecule has 0 aliphatic carbocycles. The molecule has 0 bridgehead atoms. The maximum Gasteiger partial charge on any atom is 0.0898 e. The molecular weight excluding hydrogens is 208 g/mol. The molecule has 0 saturated carbocycles. The molecule has 4 heteroatoms. The first-order chi connectivity index (χ1) is 6.94. The molecule has 2 atom stereocenters. The number of thiazole rings is 1. The predicted molar refractivity (Wildman–Crippen MR) is 64.2 cm³/mol. The van der Waals surface area contributed by atoms with Crippen molar-refractivity contribution in [2.24, 2.45) is 0 Å². The van der Waals surface area contributed by atoms with Crippen molar-refractivity contribution in [3.8, 4) is 0 Å². The van der Waals surface area contributed by atoms with E-state index in [4.69, 9.17) is 0 Å². The molecule has 1 aromatic heterocycles. The fraction of sp³-hybridized carbons (Fsp3) is 0.727. The van der Waals surface area contributed by atoms with Crippen molar-refractivity contribution in [2.45, 2.75) is 45.8 Å². The fourth-order valence-corrected chi connectivity index (χ4v) is 1.89. The molecule has 0 saturated heterocycles. The Morgan fingerprint density at radius 1 is 1.67 bits per heavy atom. The summed E-state index contributed by atoms with van der Waals surface area (Å²) in [5, 5.41) is 16.3. The van der Waals surface area contributed by atoms with Crippen molar-refractivity contribution in [3.63, 3.8) is 0 Å². The van der Waals surface area contributed by atoms with E-state index in [0.717, 1.165) is 17.1 Å². The smallest absolute Gasteiger partial charge is 0.0898 e. The van der Waals surface area contributed by atoms with E-state index in [9.17, 15) is 5.11 Å². The highest BCUT2D eigenvalue weighted by Crippen LogP contribution is 2.16. The first-order valence-electron chi connectivity index (χ1n) is 5.32. The van der Waals surface area contributed by atoms with Crippen molar-refractivity contribution >= 4 is 11.3 Å². The molecule has 0 fully saturated rings. The molecule has 1 heterocycles. The van der Waals surface area contributed by atoms with Crippen LogP contribution < -0.4 is 5.32 Å². The van der Waals surface area contributed by atoms with E-state index >= 15 is 0 Å². The van der Waals surface area contributed by atoms with E-state index in [2.05, 4.69) is 22.6 Å². The van der Waals surface area contributed by atoms with Crippen LogP contribution in [0.25, 0.3) is 0 Å². The van der Waals surface area contributed by atoms with Gasteiger partial charge in [-0.25, -0.2) is 4.98 Å². The molecular formula is C11H20N2OS. The van der Waals surface area contributed by atoms with Gasteiger partial charge in [0.15, 0.2) is 0 Å². The topological polar surface area (TPSA) is 45.1 Å². The third-order valence-corrected chi connectivity index (χ3v) is 3.42. The van der Waals surface area contributed by atoms with Crippen LogP contribution in [-0.4, -0.2) is 22.2 Å². The molecule has 0 aromatic carbocycles. The third kappa shape index (κ3) is 3.89. The molecule has 1 aromatic rings. The molecule has 3 nitrogen and oxygen atoms in total. The van der Waals surface area contributed by atoms with E-state index < -0.39 is 5.60 Å². The minimum Gasteiger partial charge on any atom is -0.389 e. The van der Waals surface area contributed by atoms with Crippen molar-refractivity contribution < 1.29 is 5.11 Å². The van der Waals surface area contributed by atoms with Gasteiger partial charge in [0.25, 0.3) is 0 Å². The zero-order valence-electron chi connectivity index (χ0n) is 9.87. The van der Waals surface area contributed by atoms with Crippen LogP contribution in [0, 0.1) is 6.92 Å². The third-order valence-electron chi connectivity index (χ3n) is 2.63. The Kier molecular flexibility index (Phi) is 4.25. The van der Waals surface area contributed by atoms with Gasteiger partial charge < -0.3 is 10.4 Å². The number of nitrogens with one attached hydrogen (secondary N) is 1. The van der Waals surface area contributed by atoms with Crippen LogP contribution in [0.2, 0.25) is 0 Å². The molecule has 86 valence electrons. The number of aliphatic hydroxyl groups is 1. The number of nitrogens with zero attached hydrogens (tertiary/aromatic N) is 1. The summed E-state index contributed by atoms with van der Waals surface area (Å²) < 4.78 is 0. The number of aromatic nitrogens is 1. The highest BCUT2D eigenvalue weighted by atomic mass is 32.1. The van der Waals surface area contributed by atoms with Gasteiger partial charge in [-0.3, -0.25) is 0 Å². The fourth-order valence-electron chi connectivity index (χ4n) is 1.18. The normalized spacial score (nSPS) is 17.4. The van der Waals surface area contributed by atoms with E-state index in [1.165, 1.54) is 0 Å². The summed E-state index contributed by atoms with van der Waals surface area (Å²) in [6.07, 6.45) is 0.753. The lowest BCUT2D eigenvalue weighted by atomic mass is 10.0. The molecule has 1 rings (SSSR count). The van der Waals surface area contributed by atoms with Gasteiger partial charge in [0.05, 0.1) is 16.3 Å². The molecule has 2 N–H and O–H groups in total. The van der Waals surface area contributed by atoms with E-state index in [-0.39, 0.29) is 6.04 Å². The van der Waals surface area contributed by atoms with Gasteiger partial charge in [0.1, 0.15) is 0 Å². The SMILES string of the molecule is CCC(C)(O)CNC(C)c1csc(C)n1. The van der Waals surface area contributed by atoms with Crippen molar-refractivity contribution in [3.05, 3.63) is 16.1 Å². The average Bonchev–Trinajstić information content (AvgIpc) is 2.61. The summed E-state index contributed by atoms with van der Waals surface area (Å²) in [7, 11) is 0. The number of hydrogen-bond acceptors (Lipinski definition) is 4. The zero-order chi connectivity index (χ0) is 11.5. The molecule has 0 aliphatic heterocycles. The summed E-state index contributed by atoms with van der Waals surface area (Å²) in [6, 6.07) is 0.202. The Morgan fingerprint density at radius 3 is 2.80 bits per heavy atom. The largest absolute Gasteiger partial charge is 0.389 e. The van der Waals surface area contributed by atoms with Crippen molar-refractivity contribution in [2.75, 3.05) is 6.54 Å². The van der Waals surface area contributed by atoms with Gasteiger partial charge in [0.2, 0.25) is 0 Å². The van der Waals surface area contributed by atoms with Gasteiger partial charge in [-0.15, -0.1) is 11.3 Å². The lowest BCUT2D eigenvalue weighted by Gasteiger charge is -2.23. The average molecular weight is 228 g/mol. The maximum absolute atomic E-state index is 9.84. The number of aryl methyl sites for hydroxylation is 1. The number of rotatable bonds is 5.